The molecule has 0 saturated carbocycles. The summed E-state index contributed by atoms with van der Waals surface area (Å²) >= 11 is 0. The van der Waals surface area contributed by atoms with Crippen LogP contribution in [0.1, 0.15) is 19.8 Å². The van der Waals surface area contributed by atoms with E-state index >= 15 is 0 Å². The highest BCUT2D eigenvalue weighted by Gasteiger charge is 2.26. The van der Waals surface area contributed by atoms with Gasteiger partial charge in [-0.2, -0.15) is 0 Å². The molecule has 1 heterocycles. The molecule has 1 aromatic carbocycles. The standard InChI is InChI=1S/C15H22FN3O2/c1-10(19(2)12-5-7-21-8-6-12)15(20)18-14-4-3-11(16)9-13(14)17/h3-4,9-10,12H,5-8,17H2,1-2H3,(H,18,20). The summed E-state index contributed by atoms with van der Waals surface area (Å²) in [6.07, 6.45) is 1.85. The fraction of sp³-hybridized carbons (Fsp3) is 0.533. The fourth-order valence-corrected chi connectivity index (χ4v) is 2.48. The van der Waals surface area contributed by atoms with E-state index in [2.05, 4.69) is 10.2 Å². The first kappa shape index (κ1) is 15.7. The monoisotopic (exact) mass is 295 g/mol. The molecule has 21 heavy (non-hydrogen) atoms. The lowest BCUT2D eigenvalue weighted by atomic mass is 10.1. The number of anilines is 2. The maximum atomic E-state index is 13.0. The SMILES string of the molecule is CC(C(=O)Nc1ccc(F)cc1N)N(C)C1CCOCC1. The highest BCUT2D eigenvalue weighted by atomic mass is 19.1. The zero-order valence-corrected chi connectivity index (χ0v) is 12.4. The van der Waals surface area contributed by atoms with Crippen molar-refractivity contribution in [3.8, 4) is 0 Å². The molecule has 0 aliphatic carbocycles. The molecule has 1 aliphatic rings. The van der Waals surface area contributed by atoms with Crippen LogP contribution in [0.25, 0.3) is 0 Å². The molecule has 0 bridgehead atoms. The zero-order chi connectivity index (χ0) is 15.4. The van der Waals surface area contributed by atoms with Crippen LogP contribution in [-0.2, 0) is 9.53 Å². The number of nitrogen functional groups attached to an aromatic ring is 1. The van der Waals surface area contributed by atoms with Crippen LogP contribution >= 0.6 is 0 Å². The molecule has 3 N–H and O–H groups in total. The minimum atomic E-state index is -0.419. The van der Waals surface area contributed by atoms with Gasteiger partial charge in [-0.3, -0.25) is 9.69 Å². The van der Waals surface area contributed by atoms with E-state index in [4.69, 9.17) is 10.5 Å². The summed E-state index contributed by atoms with van der Waals surface area (Å²) in [4.78, 5) is 14.4. The lowest BCUT2D eigenvalue weighted by Gasteiger charge is -2.34. The Morgan fingerprint density at radius 3 is 2.76 bits per heavy atom. The molecule has 6 heteroatoms. The number of nitrogens with zero attached hydrogens (tertiary/aromatic N) is 1. The van der Waals surface area contributed by atoms with Gasteiger partial charge in [-0.1, -0.05) is 0 Å². The molecule has 1 aromatic rings. The normalized spacial score (nSPS) is 17.7. The van der Waals surface area contributed by atoms with Crippen LogP contribution in [0.2, 0.25) is 0 Å². The first-order valence-corrected chi connectivity index (χ1v) is 7.14. The van der Waals surface area contributed by atoms with Crippen LogP contribution in [-0.4, -0.2) is 43.2 Å². The number of benzene rings is 1. The highest BCUT2D eigenvalue weighted by molar-refractivity contribution is 5.97. The van der Waals surface area contributed by atoms with Gasteiger partial charge >= 0.3 is 0 Å². The van der Waals surface area contributed by atoms with E-state index in [9.17, 15) is 9.18 Å². The molecule has 0 radical (unpaired) electrons. The summed E-state index contributed by atoms with van der Waals surface area (Å²) < 4.78 is 18.3. The largest absolute Gasteiger partial charge is 0.397 e. The van der Waals surface area contributed by atoms with E-state index < -0.39 is 5.82 Å². The average Bonchev–Trinajstić information content (AvgIpc) is 2.49. The summed E-state index contributed by atoms with van der Waals surface area (Å²) in [7, 11) is 1.94. The molecule has 2 rings (SSSR count). The topological polar surface area (TPSA) is 67.6 Å². The summed E-state index contributed by atoms with van der Waals surface area (Å²) in [5.41, 5.74) is 6.37. The fourth-order valence-electron chi connectivity index (χ4n) is 2.48. The third-order valence-corrected chi connectivity index (χ3v) is 4.03. The first-order chi connectivity index (χ1) is 9.99. The minimum Gasteiger partial charge on any atom is -0.397 e. The minimum absolute atomic E-state index is 0.151. The van der Waals surface area contributed by atoms with Crippen molar-refractivity contribution in [2.24, 2.45) is 0 Å². The Hall–Kier alpha value is -1.66. The van der Waals surface area contributed by atoms with E-state index in [1.807, 2.05) is 14.0 Å². The van der Waals surface area contributed by atoms with Crippen LogP contribution in [0.5, 0.6) is 0 Å². The summed E-state index contributed by atoms with van der Waals surface area (Å²) in [6.45, 7) is 3.31. The zero-order valence-electron chi connectivity index (χ0n) is 12.4. The van der Waals surface area contributed by atoms with Crippen LogP contribution in [0.15, 0.2) is 18.2 Å². The number of hydrogen-bond donors (Lipinski definition) is 2. The Morgan fingerprint density at radius 1 is 1.48 bits per heavy atom. The van der Waals surface area contributed by atoms with Crippen molar-refractivity contribution >= 4 is 17.3 Å². The lowest BCUT2D eigenvalue weighted by molar-refractivity contribution is -0.121. The predicted octanol–water partition coefficient (Wildman–Crippen LogP) is 1.85. The third kappa shape index (κ3) is 3.92. The number of nitrogens with two attached hydrogens (primary N) is 1. The van der Waals surface area contributed by atoms with Crippen molar-refractivity contribution in [3.63, 3.8) is 0 Å². The summed E-state index contributed by atoms with van der Waals surface area (Å²) in [5, 5.41) is 2.75. The van der Waals surface area contributed by atoms with Gasteiger partial charge in [0.2, 0.25) is 5.91 Å². The lowest BCUT2D eigenvalue weighted by Crippen LogP contribution is -2.47. The van der Waals surface area contributed by atoms with Crippen LogP contribution in [0, 0.1) is 5.82 Å². The number of halogens is 1. The molecule has 1 atom stereocenters. The number of amides is 1. The van der Waals surface area contributed by atoms with Crippen molar-refractivity contribution < 1.29 is 13.9 Å². The van der Waals surface area contributed by atoms with E-state index in [-0.39, 0.29) is 17.6 Å². The van der Waals surface area contributed by atoms with Crippen molar-refractivity contribution in [1.29, 1.82) is 0 Å². The second-order valence-electron chi connectivity index (χ2n) is 5.41. The van der Waals surface area contributed by atoms with Gasteiger partial charge in [0.25, 0.3) is 0 Å². The number of ether oxygens (including phenoxy) is 1. The molecule has 5 nitrogen and oxygen atoms in total. The molecule has 0 aromatic heterocycles. The quantitative estimate of drug-likeness (QED) is 0.832. The molecular formula is C15H22FN3O2. The second-order valence-corrected chi connectivity index (χ2v) is 5.41. The molecule has 1 aliphatic heterocycles. The van der Waals surface area contributed by atoms with E-state index in [0.717, 1.165) is 26.1 Å². The smallest absolute Gasteiger partial charge is 0.241 e. The van der Waals surface area contributed by atoms with Crippen molar-refractivity contribution in [2.75, 3.05) is 31.3 Å². The first-order valence-electron chi connectivity index (χ1n) is 7.14. The molecule has 116 valence electrons. The highest BCUT2D eigenvalue weighted by Crippen LogP contribution is 2.21. The number of hydrogen-bond acceptors (Lipinski definition) is 4. The van der Waals surface area contributed by atoms with E-state index in [1.54, 1.807) is 0 Å². The Balaban J connectivity index is 1.98. The Morgan fingerprint density at radius 2 is 2.14 bits per heavy atom. The van der Waals surface area contributed by atoms with Crippen molar-refractivity contribution in [2.45, 2.75) is 31.8 Å². The maximum Gasteiger partial charge on any atom is 0.241 e. The van der Waals surface area contributed by atoms with Gasteiger partial charge < -0.3 is 15.8 Å². The van der Waals surface area contributed by atoms with Gasteiger partial charge in [0.1, 0.15) is 5.82 Å². The van der Waals surface area contributed by atoms with Gasteiger partial charge in [-0.15, -0.1) is 0 Å². The van der Waals surface area contributed by atoms with Crippen molar-refractivity contribution in [3.05, 3.63) is 24.0 Å². The van der Waals surface area contributed by atoms with Gasteiger partial charge in [-0.25, -0.2) is 4.39 Å². The van der Waals surface area contributed by atoms with Crippen molar-refractivity contribution in [1.82, 2.24) is 4.90 Å². The molecular weight excluding hydrogens is 273 g/mol. The number of carbonyl (C=O) groups excluding carboxylic acids is 1. The Kier molecular flexibility index (Phi) is 5.14. The molecule has 1 saturated heterocycles. The van der Waals surface area contributed by atoms with Crippen LogP contribution in [0.4, 0.5) is 15.8 Å². The number of nitrogens with one attached hydrogen (secondary N) is 1. The third-order valence-electron chi connectivity index (χ3n) is 4.03. The molecule has 1 unspecified atom stereocenters. The Bertz CT molecular complexity index is 504. The number of carbonyl (C=O) groups is 1. The number of rotatable bonds is 4. The Labute approximate surface area is 124 Å². The summed E-state index contributed by atoms with van der Waals surface area (Å²) in [6, 6.07) is 3.99. The maximum absolute atomic E-state index is 13.0. The summed E-state index contributed by atoms with van der Waals surface area (Å²) in [5.74, 6) is -0.569. The van der Waals surface area contributed by atoms with Gasteiger partial charge in [0, 0.05) is 19.3 Å². The van der Waals surface area contributed by atoms with E-state index in [0.29, 0.717) is 11.7 Å². The van der Waals surface area contributed by atoms with Gasteiger partial charge in [-0.05, 0) is 45.0 Å². The number of likely N-dealkylation sites (N-methyl/N-ethyl adjacent to an activating group) is 1. The second kappa shape index (κ2) is 6.87. The van der Waals surface area contributed by atoms with Gasteiger partial charge in [0.15, 0.2) is 0 Å². The average molecular weight is 295 g/mol. The molecule has 1 amide bonds. The van der Waals surface area contributed by atoms with Crippen LogP contribution in [0.3, 0.4) is 0 Å². The van der Waals surface area contributed by atoms with Crippen LogP contribution < -0.4 is 11.1 Å². The molecule has 1 fully saturated rings. The predicted molar refractivity (Wildman–Crippen MR) is 80.5 cm³/mol. The molecule has 0 spiro atoms. The van der Waals surface area contributed by atoms with E-state index in [1.165, 1.54) is 18.2 Å². The van der Waals surface area contributed by atoms with Gasteiger partial charge in [0.05, 0.1) is 17.4 Å².